The zero-order valence-electron chi connectivity index (χ0n) is 17.0. The molecule has 1 radical (unpaired) electrons. The first kappa shape index (κ1) is 30.8. The molecule has 25 heavy (non-hydrogen) atoms. The van der Waals surface area contributed by atoms with Crippen LogP contribution < -0.4 is 35.4 Å². The van der Waals surface area contributed by atoms with E-state index in [4.69, 9.17) is 0 Å². The number of nitrogens with one attached hydrogen (secondary N) is 2. The van der Waals surface area contributed by atoms with E-state index in [2.05, 4.69) is 62.2 Å². The summed E-state index contributed by atoms with van der Waals surface area (Å²) in [5.41, 5.74) is 0. The molecule has 7 heteroatoms. The zero-order chi connectivity index (χ0) is 16.5. The smallest absolute Gasteiger partial charge is 1.00 e. The maximum Gasteiger partial charge on any atom is 3.00 e. The number of hydrogen-bond donors (Lipinski definition) is 2. The van der Waals surface area contributed by atoms with Gasteiger partial charge < -0.3 is 45.2 Å². The van der Waals surface area contributed by atoms with Crippen molar-refractivity contribution in [2.45, 2.75) is 71.5 Å². The number of hydrogen-bond acceptors (Lipinski definition) is 4. The first-order valence-electron chi connectivity index (χ1n) is 9.10. The van der Waals surface area contributed by atoms with Gasteiger partial charge in [-0.25, -0.2) is 0 Å². The van der Waals surface area contributed by atoms with Gasteiger partial charge in [-0.15, -0.1) is 0 Å². The van der Waals surface area contributed by atoms with Gasteiger partial charge in [0.25, 0.3) is 0 Å². The van der Waals surface area contributed by atoms with Crippen molar-refractivity contribution in [3.05, 3.63) is 6.04 Å². The molecule has 3 unspecified atom stereocenters. The zero-order valence-corrected chi connectivity index (χ0v) is 20.1. The molecule has 4 nitrogen and oxygen atoms in total. The standard InChI is InChI=1S/C18H39N4.2ClH.Ti/c1-15-7-11-19-16(2)9-13-21(5)18(4)10-14-22(6)17(3)8-12-20-15;;;/h15-16,18-20H,7-14H2,1-6H3;2*1H;/q-1;;;+3/p-2. The molecule has 0 saturated carbocycles. The summed E-state index contributed by atoms with van der Waals surface area (Å²) in [6, 6.07) is 3.34. The van der Waals surface area contributed by atoms with Crippen LogP contribution in [-0.2, 0) is 21.7 Å². The van der Waals surface area contributed by atoms with Crippen LogP contribution in [0.2, 0.25) is 0 Å². The van der Waals surface area contributed by atoms with E-state index in [1.165, 1.54) is 31.8 Å². The van der Waals surface area contributed by atoms with Crippen molar-refractivity contribution in [3.8, 4) is 0 Å². The Hall–Kier alpha value is 1.13. The van der Waals surface area contributed by atoms with Gasteiger partial charge in [-0.2, -0.15) is 13.3 Å². The first-order chi connectivity index (χ1) is 10.4. The Labute approximate surface area is 184 Å². The summed E-state index contributed by atoms with van der Waals surface area (Å²) in [5, 5.41) is 7.32. The molecule has 149 valence electrons. The second kappa shape index (κ2) is 17.2. The Morgan fingerprint density at radius 3 is 2.04 bits per heavy atom. The van der Waals surface area contributed by atoms with Gasteiger partial charge >= 0.3 is 21.7 Å². The average Bonchev–Trinajstić information content (AvgIpc) is 2.48. The summed E-state index contributed by atoms with van der Waals surface area (Å²) < 4.78 is 0. The summed E-state index contributed by atoms with van der Waals surface area (Å²) in [6.45, 7) is 13.8. The van der Waals surface area contributed by atoms with Crippen LogP contribution in [0, 0.1) is 6.04 Å². The molecular weight excluding hydrogens is 391 g/mol. The summed E-state index contributed by atoms with van der Waals surface area (Å²) >= 11 is 0. The average molecular weight is 430 g/mol. The van der Waals surface area contributed by atoms with E-state index in [1.54, 1.807) is 0 Å². The fourth-order valence-electron chi connectivity index (χ4n) is 2.85. The largest absolute Gasteiger partial charge is 3.00 e. The number of nitrogens with zero attached hydrogens (tertiary/aromatic N) is 2. The molecule has 0 bridgehead atoms. The van der Waals surface area contributed by atoms with Crippen LogP contribution in [0.15, 0.2) is 0 Å². The second-order valence-corrected chi connectivity index (χ2v) is 7.31. The van der Waals surface area contributed by atoms with Crippen molar-refractivity contribution in [2.24, 2.45) is 0 Å². The minimum atomic E-state index is 0. The molecule has 1 heterocycles. The normalized spacial score (nSPS) is 29.8. The maximum absolute atomic E-state index is 3.67. The molecule has 1 fully saturated rings. The fraction of sp³-hybridized carbons (Fsp3) is 0.944. The van der Waals surface area contributed by atoms with Crippen LogP contribution in [0.25, 0.3) is 0 Å². The topological polar surface area (TPSA) is 30.5 Å². The Kier molecular flexibility index (Phi) is 21.3. The Morgan fingerprint density at radius 2 is 1.40 bits per heavy atom. The number of halogens is 2. The van der Waals surface area contributed by atoms with Gasteiger partial charge in [-0.3, -0.25) is 6.04 Å². The first-order valence-corrected chi connectivity index (χ1v) is 9.10. The van der Waals surface area contributed by atoms with E-state index >= 15 is 0 Å². The van der Waals surface area contributed by atoms with E-state index in [0.29, 0.717) is 18.1 Å². The van der Waals surface area contributed by atoms with Crippen molar-refractivity contribution < 1.29 is 46.5 Å². The van der Waals surface area contributed by atoms with Crippen LogP contribution in [0.4, 0.5) is 0 Å². The molecular formula is C18H39Cl2N4Ti. The van der Waals surface area contributed by atoms with Crippen LogP contribution >= 0.6 is 0 Å². The predicted octanol–water partition coefficient (Wildman–Crippen LogP) is -3.67. The third-order valence-electron chi connectivity index (χ3n) is 5.25. The molecule has 0 spiro atoms. The molecule has 0 amide bonds. The van der Waals surface area contributed by atoms with E-state index in [0.717, 1.165) is 26.1 Å². The van der Waals surface area contributed by atoms with Gasteiger partial charge in [0, 0.05) is 18.1 Å². The van der Waals surface area contributed by atoms with Crippen molar-refractivity contribution in [2.75, 3.05) is 40.3 Å². The molecule has 1 aliphatic rings. The molecule has 0 aromatic rings. The third kappa shape index (κ3) is 13.9. The van der Waals surface area contributed by atoms with Crippen LogP contribution in [0.5, 0.6) is 0 Å². The molecule has 1 aliphatic heterocycles. The van der Waals surface area contributed by atoms with Crippen molar-refractivity contribution in [3.63, 3.8) is 0 Å². The van der Waals surface area contributed by atoms with E-state index in [9.17, 15) is 0 Å². The minimum Gasteiger partial charge on any atom is -1.00 e. The number of rotatable bonds is 0. The molecule has 0 aromatic heterocycles. The molecule has 3 atom stereocenters. The van der Waals surface area contributed by atoms with E-state index in [-0.39, 0.29) is 46.5 Å². The Morgan fingerprint density at radius 1 is 0.840 bits per heavy atom. The maximum atomic E-state index is 3.67. The van der Waals surface area contributed by atoms with Gasteiger partial charge in [0.15, 0.2) is 0 Å². The van der Waals surface area contributed by atoms with Crippen LogP contribution in [0.3, 0.4) is 0 Å². The fourth-order valence-corrected chi connectivity index (χ4v) is 2.85. The van der Waals surface area contributed by atoms with E-state index in [1.807, 2.05) is 0 Å². The Balaban J connectivity index is -0.00000161. The van der Waals surface area contributed by atoms with Crippen LogP contribution in [0.1, 0.15) is 53.4 Å². The van der Waals surface area contributed by atoms with Crippen molar-refractivity contribution in [1.29, 1.82) is 0 Å². The second-order valence-electron chi connectivity index (χ2n) is 7.31. The summed E-state index contributed by atoms with van der Waals surface area (Å²) in [5.74, 6) is 0. The summed E-state index contributed by atoms with van der Waals surface area (Å²) in [7, 11) is 4.50. The molecule has 0 aliphatic carbocycles. The third-order valence-corrected chi connectivity index (χ3v) is 5.25. The van der Waals surface area contributed by atoms with Gasteiger partial charge in [0.05, 0.1) is 0 Å². The predicted molar refractivity (Wildman–Crippen MR) is 97.0 cm³/mol. The van der Waals surface area contributed by atoms with Gasteiger partial charge in [-0.05, 0) is 80.3 Å². The minimum absolute atomic E-state index is 0. The monoisotopic (exact) mass is 429 g/mol. The Bertz CT molecular complexity index is 300. The van der Waals surface area contributed by atoms with Gasteiger partial charge in [0.1, 0.15) is 0 Å². The van der Waals surface area contributed by atoms with Crippen molar-refractivity contribution >= 4 is 0 Å². The quantitative estimate of drug-likeness (QED) is 0.307. The van der Waals surface area contributed by atoms with Crippen molar-refractivity contribution in [1.82, 2.24) is 20.4 Å². The van der Waals surface area contributed by atoms with Crippen LogP contribution in [-0.4, -0.2) is 68.2 Å². The molecule has 0 aromatic carbocycles. The summed E-state index contributed by atoms with van der Waals surface area (Å²) in [6.07, 6.45) is 4.81. The summed E-state index contributed by atoms with van der Waals surface area (Å²) in [4.78, 5) is 4.95. The molecule has 1 rings (SSSR count). The molecule has 2 N–H and O–H groups in total. The van der Waals surface area contributed by atoms with E-state index < -0.39 is 0 Å². The van der Waals surface area contributed by atoms with Gasteiger partial charge in [-0.1, -0.05) is 0 Å². The molecule has 1 saturated heterocycles. The SMILES string of the molecule is C[C-]1CCNC(C)CCNC(C)CCN(C)C(C)CCN1C.[Cl-].[Cl-].[Ti+3]. The van der Waals surface area contributed by atoms with Gasteiger partial charge in [0.2, 0.25) is 0 Å².